The van der Waals surface area contributed by atoms with Crippen molar-refractivity contribution in [2.75, 3.05) is 6.61 Å². The molecule has 68 valence electrons. The van der Waals surface area contributed by atoms with Crippen molar-refractivity contribution in [1.82, 2.24) is 0 Å². The largest absolute Gasteiger partial charge is 0.368 e. The van der Waals surface area contributed by atoms with E-state index in [2.05, 4.69) is 13.8 Å². The first-order valence-corrected chi connectivity index (χ1v) is 4.42. The van der Waals surface area contributed by atoms with E-state index in [1.807, 2.05) is 0 Å². The summed E-state index contributed by atoms with van der Waals surface area (Å²) in [6.45, 7) is 6.76. The Morgan fingerprint density at radius 2 is 1.82 bits per heavy atom. The van der Waals surface area contributed by atoms with Crippen LogP contribution >= 0.6 is 0 Å². The molecule has 0 bridgehead atoms. The molecule has 0 rings (SSSR count). The number of hydrogen-bond donors (Lipinski definition) is 1. The molecule has 0 radical (unpaired) electrons. The number of unbranched alkanes of at least 4 members (excludes halogenated alkanes) is 1. The molecule has 0 spiro atoms. The highest BCUT2D eigenvalue weighted by Gasteiger charge is 1.96. The van der Waals surface area contributed by atoms with Crippen LogP contribution in [0, 0.1) is 5.92 Å². The van der Waals surface area contributed by atoms with Gasteiger partial charge in [-0.15, -0.1) is 0 Å². The van der Waals surface area contributed by atoms with Gasteiger partial charge in [0.25, 0.3) is 0 Å². The van der Waals surface area contributed by atoms with Crippen LogP contribution in [0.4, 0.5) is 0 Å². The SMILES string of the molecule is CC(C)CCCCOC(C)O. The fraction of sp³-hybridized carbons (Fsp3) is 1.00. The lowest BCUT2D eigenvalue weighted by Crippen LogP contribution is -2.07. The van der Waals surface area contributed by atoms with Gasteiger partial charge in [-0.3, -0.25) is 0 Å². The minimum atomic E-state index is -0.603. The third-order valence-electron chi connectivity index (χ3n) is 1.53. The molecule has 2 nitrogen and oxygen atoms in total. The van der Waals surface area contributed by atoms with E-state index in [4.69, 9.17) is 9.84 Å². The van der Waals surface area contributed by atoms with Gasteiger partial charge in [0.15, 0.2) is 6.29 Å². The van der Waals surface area contributed by atoms with E-state index in [0.29, 0.717) is 6.61 Å². The van der Waals surface area contributed by atoms with Crippen LogP contribution < -0.4 is 0 Å². The van der Waals surface area contributed by atoms with Gasteiger partial charge in [0.05, 0.1) is 0 Å². The summed E-state index contributed by atoms with van der Waals surface area (Å²) >= 11 is 0. The van der Waals surface area contributed by atoms with Gasteiger partial charge in [0.1, 0.15) is 0 Å². The van der Waals surface area contributed by atoms with Crippen LogP contribution in [0.3, 0.4) is 0 Å². The highest BCUT2D eigenvalue weighted by Crippen LogP contribution is 2.06. The zero-order chi connectivity index (χ0) is 8.69. The van der Waals surface area contributed by atoms with Gasteiger partial charge in [-0.25, -0.2) is 0 Å². The third kappa shape index (κ3) is 9.92. The molecule has 0 aromatic carbocycles. The summed E-state index contributed by atoms with van der Waals surface area (Å²) in [6.07, 6.45) is 2.91. The first-order chi connectivity index (χ1) is 5.13. The molecular weight excluding hydrogens is 140 g/mol. The van der Waals surface area contributed by atoms with Crippen molar-refractivity contribution in [2.24, 2.45) is 5.92 Å². The van der Waals surface area contributed by atoms with Crippen molar-refractivity contribution in [3.05, 3.63) is 0 Å². The molecule has 0 saturated carbocycles. The monoisotopic (exact) mass is 160 g/mol. The van der Waals surface area contributed by atoms with Gasteiger partial charge in [-0.2, -0.15) is 0 Å². The quantitative estimate of drug-likeness (QED) is 0.476. The first kappa shape index (κ1) is 10.9. The summed E-state index contributed by atoms with van der Waals surface area (Å²) in [7, 11) is 0. The van der Waals surface area contributed by atoms with Gasteiger partial charge in [0.2, 0.25) is 0 Å². The molecule has 2 heteroatoms. The fourth-order valence-electron chi connectivity index (χ4n) is 0.909. The number of ether oxygens (including phenoxy) is 1. The second kappa shape index (κ2) is 6.62. The van der Waals surface area contributed by atoms with Crippen molar-refractivity contribution >= 4 is 0 Å². The lowest BCUT2D eigenvalue weighted by Gasteiger charge is -2.07. The van der Waals surface area contributed by atoms with E-state index < -0.39 is 6.29 Å². The smallest absolute Gasteiger partial charge is 0.151 e. The van der Waals surface area contributed by atoms with E-state index in [1.165, 1.54) is 12.8 Å². The van der Waals surface area contributed by atoms with Crippen molar-refractivity contribution < 1.29 is 9.84 Å². The highest BCUT2D eigenvalue weighted by atomic mass is 16.6. The molecule has 0 aromatic heterocycles. The number of aliphatic hydroxyl groups is 1. The van der Waals surface area contributed by atoms with Gasteiger partial charge in [-0.1, -0.05) is 26.7 Å². The van der Waals surface area contributed by atoms with E-state index in [0.717, 1.165) is 12.3 Å². The molecule has 0 aliphatic rings. The fourth-order valence-corrected chi connectivity index (χ4v) is 0.909. The van der Waals surface area contributed by atoms with E-state index in [9.17, 15) is 0 Å². The third-order valence-corrected chi connectivity index (χ3v) is 1.53. The Balaban J connectivity index is 2.91. The highest BCUT2D eigenvalue weighted by molar-refractivity contribution is 4.45. The normalized spacial score (nSPS) is 13.9. The lowest BCUT2D eigenvalue weighted by molar-refractivity contribution is -0.0860. The van der Waals surface area contributed by atoms with Crippen LogP contribution in [0.25, 0.3) is 0 Å². The van der Waals surface area contributed by atoms with E-state index in [-0.39, 0.29) is 0 Å². The summed E-state index contributed by atoms with van der Waals surface area (Å²) in [5, 5.41) is 8.74. The van der Waals surface area contributed by atoms with Gasteiger partial charge in [-0.05, 0) is 19.3 Å². The Kier molecular flexibility index (Phi) is 6.57. The van der Waals surface area contributed by atoms with Gasteiger partial charge < -0.3 is 9.84 Å². The topological polar surface area (TPSA) is 29.5 Å². The van der Waals surface area contributed by atoms with Gasteiger partial charge >= 0.3 is 0 Å². The zero-order valence-electron chi connectivity index (χ0n) is 7.84. The molecule has 0 aliphatic carbocycles. The summed E-state index contributed by atoms with van der Waals surface area (Å²) < 4.78 is 4.98. The standard InChI is InChI=1S/C9H20O2/c1-8(2)6-4-5-7-11-9(3)10/h8-10H,4-7H2,1-3H3. The maximum Gasteiger partial charge on any atom is 0.151 e. The zero-order valence-corrected chi connectivity index (χ0v) is 7.84. The van der Waals surface area contributed by atoms with Crippen molar-refractivity contribution in [1.29, 1.82) is 0 Å². The van der Waals surface area contributed by atoms with Crippen LogP contribution in [-0.2, 0) is 4.74 Å². The molecular formula is C9H20O2. The van der Waals surface area contributed by atoms with E-state index >= 15 is 0 Å². The van der Waals surface area contributed by atoms with Crippen molar-refractivity contribution in [2.45, 2.75) is 46.3 Å². The van der Waals surface area contributed by atoms with Crippen LogP contribution in [-0.4, -0.2) is 18.0 Å². The minimum absolute atomic E-state index is 0.603. The molecule has 1 N–H and O–H groups in total. The Morgan fingerprint density at radius 3 is 2.27 bits per heavy atom. The average molecular weight is 160 g/mol. The molecule has 1 atom stereocenters. The first-order valence-electron chi connectivity index (χ1n) is 4.42. The molecule has 0 saturated heterocycles. The maximum atomic E-state index is 8.74. The van der Waals surface area contributed by atoms with Crippen LogP contribution in [0.15, 0.2) is 0 Å². The molecule has 0 amide bonds. The van der Waals surface area contributed by atoms with Crippen LogP contribution in [0.2, 0.25) is 0 Å². The Morgan fingerprint density at radius 1 is 1.18 bits per heavy atom. The Labute approximate surface area is 69.6 Å². The predicted molar refractivity (Wildman–Crippen MR) is 46.3 cm³/mol. The Bertz CT molecular complexity index is 69.6. The van der Waals surface area contributed by atoms with Crippen LogP contribution in [0.5, 0.6) is 0 Å². The molecule has 0 fully saturated rings. The lowest BCUT2D eigenvalue weighted by atomic mass is 10.1. The van der Waals surface area contributed by atoms with Gasteiger partial charge in [0, 0.05) is 6.61 Å². The predicted octanol–water partition coefficient (Wildman–Crippen LogP) is 2.17. The number of hydrogen-bond acceptors (Lipinski definition) is 2. The summed E-state index contributed by atoms with van der Waals surface area (Å²) in [5.41, 5.74) is 0. The van der Waals surface area contributed by atoms with E-state index in [1.54, 1.807) is 6.92 Å². The molecule has 1 unspecified atom stereocenters. The summed E-state index contributed by atoms with van der Waals surface area (Å²) in [5.74, 6) is 0.779. The molecule has 11 heavy (non-hydrogen) atoms. The minimum Gasteiger partial charge on any atom is -0.368 e. The molecule has 0 aromatic rings. The number of rotatable bonds is 6. The average Bonchev–Trinajstić information content (AvgIpc) is 1.85. The summed E-state index contributed by atoms with van der Waals surface area (Å²) in [6, 6.07) is 0. The van der Waals surface area contributed by atoms with Crippen LogP contribution in [0.1, 0.15) is 40.0 Å². The van der Waals surface area contributed by atoms with Crippen molar-refractivity contribution in [3.63, 3.8) is 0 Å². The Hall–Kier alpha value is -0.0800. The second-order valence-electron chi connectivity index (χ2n) is 3.36. The molecule has 0 heterocycles. The maximum absolute atomic E-state index is 8.74. The molecule has 0 aliphatic heterocycles. The summed E-state index contributed by atoms with van der Waals surface area (Å²) in [4.78, 5) is 0. The van der Waals surface area contributed by atoms with Crippen molar-refractivity contribution in [3.8, 4) is 0 Å². The second-order valence-corrected chi connectivity index (χ2v) is 3.36. The number of aliphatic hydroxyl groups excluding tert-OH is 1.